The molecule has 162 valence electrons. The predicted molar refractivity (Wildman–Crippen MR) is 127 cm³/mol. The molecule has 1 atom stereocenters. The lowest BCUT2D eigenvalue weighted by Crippen LogP contribution is -2.28. The summed E-state index contributed by atoms with van der Waals surface area (Å²) >= 11 is 6.02. The van der Waals surface area contributed by atoms with Crippen molar-refractivity contribution in [3.8, 4) is 11.4 Å². The highest BCUT2D eigenvalue weighted by molar-refractivity contribution is 6.30. The molecule has 1 saturated carbocycles. The summed E-state index contributed by atoms with van der Waals surface area (Å²) in [5.74, 6) is 0.644. The van der Waals surface area contributed by atoms with Gasteiger partial charge in [0.25, 0.3) is 0 Å². The molecule has 0 bridgehead atoms. The summed E-state index contributed by atoms with van der Waals surface area (Å²) in [6, 6.07) is 21.8. The molecule has 3 aromatic carbocycles. The molecule has 1 heterocycles. The summed E-state index contributed by atoms with van der Waals surface area (Å²) in [5.41, 5.74) is 1.76. The van der Waals surface area contributed by atoms with E-state index in [4.69, 9.17) is 11.6 Å². The van der Waals surface area contributed by atoms with Gasteiger partial charge in [0.2, 0.25) is 0 Å². The van der Waals surface area contributed by atoms with Gasteiger partial charge >= 0.3 is 5.69 Å². The summed E-state index contributed by atoms with van der Waals surface area (Å²) in [6.07, 6.45) is 2.27. The van der Waals surface area contributed by atoms with Crippen molar-refractivity contribution in [3.05, 3.63) is 87.8 Å². The lowest BCUT2D eigenvalue weighted by atomic mass is 9.91. The average Bonchev–Trinajstić information content (AvgIpc) is 3.58. The molecular formula is C26H24ClN3O2. The highest BCUT2D eigenvalue weighted by atomic mass is 35.5. The van der Waals surface area contributed by atoms with E-state index in [0.717, 1.165) is 34.7 Å². The number of carbonyl (C=O) groups is 1. The second-order valence-corrected chi connectivity index (χ2v) is 9.02. The van der Waals surface area contributed by atoms with E-state index >= 15 is 0 Å². The van der Waals surface area contributed by atoms with Crippen LogP contribution in [0.2, 0.25) is 5.02 Å². The van der Waals surface area contributed by atoms with Crippen LogP contribution in [0.1, 0.15) is 43.7 Å². The van der Waals surface area contributed by atoms with Crippen LogP contribution in [0.25, 0.3) is 22.2 Å². The van der Waals surface area contributed by atoms with Crippen LogP contribution in [0, 0.1) is 0 Å². The Hall–Kier alpha value is -3.18. The Bertz CT molecular complexity index is 1340. The van der Waals surface area contributed by atoms with Crippen LogP contribution in [0.4, 0.5) is 0 Å². The highest BCUT2D eigenvalue weighted by Crippen LogP contribution is 2.36. The summed E-state index contributed by atoms with van der Waals surface area (Å²) < 4.78 is 3.05. The minimum absolute atomic E-state index is 0.00404. The Kier molecular flexibility index (Phi) is 5.43. The van der Waals surface area contributed by atoms with E-state index in [0.29, 0.717) is 17.3 Å². The molecule has 0 saturated heterocycles. The minimum atomic E-state index is -0.219. The van der Waals surface area contributed by atoms with Crippen LogP contribution in [0.5, 0.6) is 0 Å². The zero-order valence-corrected chi connectivity index (χ0v) is 18.6. The quantitative estimate of drug-likeness (QED) is 0.371. The van der Waals surface area contributed by atoms with Gasteiger partial charge in [-0.1, -0.05) is 61.0 Å². The number of halogens is 1. The number of fused-ring (bicyclic) bond motifs is 1. The van der Waals surface area contributed by atoms with Crippen molar-refractivity contribution in [3.63, 3.8) is 0 Å². The maximum absolute atomic E-state index is 13.1. The van der Waals surface area contributed by atoms with E-state index in [1.54, 1.807) is 16.7 Å². The first-order valence-electron chi connectivity index (χ1n) is 11.0. The fourth-order valence-corrected chi connectivity index (χ4v) is 4.47. The largest absolute Gasteiger partial charge is 0.346 e. The van der Waals surface area contributed by atoms with Gasteiger partial charge in [-0.05, 0) is 59.4 Å². The second-order valence-electron chi connectivity index (χ2n) is 8.58. The van der Waals surface area contributed by atoms with Gasteiger partial charge in [0, 0.05) is 23.0 Å². The fourth-order valence-electron chi connectivity index (χ4n) is 4.34. The summed E-state index contributed by atoms with van der Waals surface area (Å²) in [7, 11) is 0. The van der Waals surface area contributed by atoms with E-state index < -0.39 is 0 Å². The molecule has 0 amide bonds. The monoisotopic (exact) mass is 445 g/mol. The van der Waals surface area contributed by atoms with Crippen LogP contribution >= 0.6 is 11.6 Å². The molecule has 1 aliphatic carbocycles. The molecule has 6 heteroatoms. The summed E-state index contributed by atoms with van der Waals surface area (Å²) in [5, 5.41) is 7.50. The number of ketones is 1. The first kappa shape index (κ1) is 20.7. The number of hydrogen-bond acceptors (Lipinski definition) is 3. The summed E-state index contributed by atoms with van der Waals surface area (Å²) in [4.78, 5) is 26.0. The van der Waals surface area contributed by atoms with Crippen molar-refractivity contribution >= 4 is 28.2 Å². The molecule has 0 aliphatic heterocycles. The predicted octanol–water partition coefficient (Wildman–Crippen LogP) is 5.62. The van der Waals surface area contributed by atoms with E-state index in [-0.39, 0.29) is 30.0 Å². The Balaban J connectivity index is 1.39. The SMILES string of the molecule is CC(CC(=O)Cn1nc(-c2ccc(Cl)cc2)n(C2CC2)c1=O)c1cccc2ccccc12. The fraction of sp³-hybridized carbons (Fsp3) is 0.269. The summed E-state index contributed by atoms with van der Waals surface area (Å²) in [6.45, 7) is 2.04. The number of nitrogens with zero attached hydrogens (tertiary/aromatic N) is 3. The van der Waals surface area contributed by atoms with Gasteiger partial charge in [-0.25, -0.2) is 9.48 Å². The number of carbonyl (C=O) groups excluding carboxylic acids is 1. The number of Topliss-reactive ketones (excluding diaryl/α,β-unsaturated/α-hetero) is 1. The molecule has 0 spiro atoms. The molecule has 0 N–H and O–H groups in total. The third-order valence-electron chi connectivity index (χ3n) is 6.10. The van der Waals surface area contributed by atoms with E-state index in [2.05, 4.69) is 36.3 Å². The lowest BCUT2D eigenvalue weighted by molar-refractivity contribution is -0.120. The first-order chi connectivity index (χ1) is 15.5. The van der Waals surface area contributed by atoms with Gasteiger partial charge < -0.3 is 0 Å². The minimum Gasteiger partial charge on any atom is -0.298 e. The van der Waals surface area contributed by atoms with Crippen molar-refractivity contribution in [2.45, 2.75) is 44.7 Å². The van der Waals surface area contributed by atoms with E-state index in [1.807, 2.05) is 30.3 Å². The van der Waals surface area contributed by atoms with Crippen molar-refractivity contribution in [1.29, 1.82) is 0 Å². The molecule has 32 heavy (non-hydrogen) atoms. The molecular weight excluding hydrogens is 422 g/mol. The number of rotatable bonds is 7. The zero-order chi connectivity index (χ0) is 22.2. The van der Waals surface area contributed by atoms with Crippen LogP contribution in [0.3, 0.4) is 0 Å². The molecule has 0 radical (unpaired) electrons. The average molecular weight is 446 g/mol. The van der Waals surface area contributed by atoms with E-state index in [9.17, 15) is 9.59 Å². The van der Waals surface area contributed by atoms with Gasteiger partial charge in [-0.3, -0.25) is 9.36 Å². The molecule has 1 unspecified atom stereocenters. The molecule has 1 aromatic heterocycles. The van der Waals surface area contributed by atoms with Gasteiger partial charge in [0.1, 0.15) is 6.54 Å². The van der Waals surface area contributed by atoms with Crippen molar-refractivity contribution < 1.29 is 4.79 Å². The molecule has 5 rings (SSSR count). The molecule has 4 aromatic rings. The Morgan fingerprint density at radius 3 is 2.53 bits per heavy atom. The second kappa shape index (κ2) is 8.40. The Morgan fingerprint density at radius 2 is 1.78 bits per heavy atom. The third-order valence-corrected chi connectivity index (χ3v) is 6.35. The third kappa shape index (κ3) is 4.00. The van der Waals surface area contributed by atoms with Crippen molar-refractivity contribution in [2.24, 2.45) is 0 Å². The zero-order valence-electron chi connectivity index (χ0n) is 17.9. The molecule has 1 fully saturated rings. The Morgan fingerprint density at radius 1 is 1.06 bits per heavy atom. The van der Waals surface area contributed by atoms with Crippen molar-refractivity contribution in [1.82, 2.24) is 14.3 Å². The van der Waals surface area contributed by atoms with Gasteiger partial charge in [-0.2, -0.15) is 0 Å². The maximum Gasteiger partial charge on any atom is 0.346 e. The van der Waals surface area contributed by atoms with Crippen LogP contribution in [-0.4, -0.2) is 20.1 Å². The number of hydrogen-bond donors (Lipinski definition) is 0. The number of aromatic nitrogens is 3. The van der Waals surface area contributed by atoms with Crippen LogP contribution in [0.15, 0.2) is 71.5 Å². The molecule has 5 nitrogen and oxygen atoms in total. The highest BCUT2D eigenvalue weighted by Gasteiger charge is 2.30. The normalized spacial score (nSPS) is 14.6. The smallest absolute Gasteiger partial charge is 0.298 e. The van der Waals surface area contributed by atoms with Gasteiger partial charge in [0.05, 0.1) is 0 Å². The first-order valence-corrected chi connectivity index (χ1v) is 11.3. The van der Waals surface area contributed by atoms with Crippen LogP contribution < -0.4 is 5.69 Å². The van der Waals surface area contributed by atoms with E-state index in [1.165, 1.54) is 4.68 Å². The molecule has 1 aliphatic rings. The Labute approximate surface area is 191 Å². The van der Waals surface area contributed by atoms with Crippen LogP contribution in [-0.2, 0) is 11.3 Å². The number of benzene rings is 3. The van der Waals surface area contributed by atoms with Gasteiger partial charge in [-0.15, -0.1) is 5.10 Å². The maximum atomic E-state index is 13.1. The standard InChI is InChI=1S/C26H24ClN3O2/c1-17(23-8-4-6-18-5-2-3-7-24(18)23)15-22(31)16-29-26(32)30(21-13-14-21)25(28-29)19-9-11-20(27)12-10-19/h2-12,17,21H,13-16H2,1H3. The topological polar surface area (TPSA) is 56.9 Å². The van der Waals surface area contributed by atoms with Crippen molar-refractivity contribution in [2.75, 3.05) is 0 Å². The van der Waals surface area contributed by atoms with Gasteiger partial charge in [0.15, 0.2) is 11.6 Å². The lowest BCUT2D eigenvalue weighted by Gasteiger charge is -2.14.